The number of allylic oxidation sites excluding steroid dienone is 1. The normalized spacial score (nSPS) is 17.4. The van der Waals surface area contributed by atoms with Crippen LogP contribution in [0.3, 0.4) is 0 Å². The first kappa shape index (κ1) is 33.9. The minimum atomic E-state index is -3.55. The molecule has 1 aliphatic rings. The van der Waals surface area contributed by atoms with Crippen LogP contribution in [0.4, 0.5) is 15.8 Å². The fourth-order valence-electron chi connectivity index (χ4n) is 5.09. The van der Waals surface area contributed by atoms with E-state index in [-0.39, 0.29) is 23.7 Å². The predicted molar refractivity (Wildman–Crippen MR) is 179 cm³/mol. The van der Waals surface area contributed by atoms with Crippen molar-refractivity contribution < 1.29 is 22.4 Å². The highest BCUT2D eigenvalue weighted by Crippen LogP contribution is 2.39. The van der Waals surface area contributed by atoms with Crippen LogP contribution in [-0.4, -0.2) is 52.2 Å². The summed E-state index contributed by atoms with van der Waals surface area (Å²) in [6.45, 7) is 4.47. The summed E-state index contributed by atoms with van der Waals surface area (Å²) >= 11 is 0. The second-order valence-corrected chi connectivity index (χ2v) is 13.9. The zero-order valence-corrected chi connectivity index (χ0v) is 27.1. The summed E-state index contributed by atoms with van der Waals surface area (Å²) in [7, 11) is -2.08. The molecular formula is C35H43FN4O4S. The van der Waals surface area contributed by atoms with E-state index in [2.05, 4.69) is 29.0 Å². The molecule has 4 atom stereocenters. The standard InChI is InChI=1S/C35H43FN4O4S/c1-5-9-33(35(42)38-30-16-14-29(36)15-17-30)37-23-31(20-25-10-7-6-8-11-25)39-34(41)28-19-26(12-13-27-18-24(27)2)21-32(22-28)40(3)45(4,43)44/h6-8,10-17,19,21-22,24,27,31,33,37H,5,9,18,20,23H2,1-4H3,(H,38,42)(H,39,41)/b13-12-/t24-,27-,31-,33-/m0/s1. The van der Waals surface area contributed by atoms with Gasteiger partial charge in [0, 0.05) is 30.9 Å². The number of benzene rings is 3. The van der Waals surface area contributed by atoms with Gasteiger partial charge in [0.2, 0.25) is 15.9 Å². The van der Waals surface area contributed by atoms with E-state index in [1.165, 1.54) is 35.6 Å². The molecule has 2 amide bonds. The SMILES string of the molecule is CCC[C@H](NC[C@H](Cc1ccccc1)NC(=O)c1cc(/C=C\[C@H]2C[C@@H]2C)cc(N(C)S(C)(=O)=O)c1)C(=O)Nc1ccc(F)cc1. The minimum absolute atomic E-state index is 0.244. The maximum Gasteiger partial charge on any atom is 0.251 e. The number of nitrogens with zero attached hydrogens (tertiary/aromatic N) is 1. The van der Waals surface area contributed by atoms with E-state index < -0.39 is 16.1 Å². The van der Waals surface area contributed by atoms with E-state index in [4.69, 9.17) is 0 Å². The number of rotatable bonds is 15. The van der Waals surface area contributed by atoms with Gasteiger partial charge in [-0.3, -0.25) is 13.9 Å². The first-order valence-electron chi connectivity index (χ1n) is 15.3. The average molecular weight is 635 g/mol. The number of hydrogen-bond donors (Lipinski definition) is 3. The van der Waals surface area contributed by atoms with Crippen LogP contribution in [0.1, 0.15) is 54.6 Å². The van der Waals surface area contributed by atoms with Gasteiger partial charge in [0.1, 0.15) is 5.82 Å². The molecule has 0 spiro atoms. The topological polar surface area (TPSA) is 108 Å². The molecule has 3 N–H and O–H groups in total. The highest BCUT2D eigenvalue weighted by molar-refractivity contribution is 7.92. The van der Waals surface area contributed by atoms with Crippen molar-refractivity contribution in [1.82, 2.24) is 10.6 Å². The molecular weight excluding hydrogens is 591 g/mol. The molecule has 4 rings (SSSR count). The van der Waals surface area contributed by atoms with Crippen LogP contribution < -0.4 is 20.3 Å². The van der Waals surface area contributed by atoms with Gasteiger partial charge in [-0.25, -0.2) is 12.8 Å². The largest absolute Gasteiger partial charge is 0.348 e. The molecule has 1 aliphatic carbocycles. The molecule has 0 heterocycles. The molecule has 45 heavy (non-hydrogen) atoms. The number of halogens is 1. The third-order valence-electron chi connectivity index (χ3n) is 8.05. The summed E-state index contributed by atoms with van der Waals surface area (Å²) in [5.74, 6) is 0.123. The molecule has 0 aromatic heterocycles. The van der Waals surface area contributed by atoms with Gasteiger partial charge in [-0.2, -0.15) is 0 Å². The quantitative estimate of drug-likeness (QED) is 0.201. The van der Waals surface area contributed by atoms with Gasteiger partial charge in [-0.1, -0.05) is 62.8 Å². The highest BCUT2D eigenvalue weighted by atomic mass is 32.2. The molecule has 1 saturated carbocycles. The number of hydrogen-bond acceptors (Lipinski definition) is 5. The fraction of sp³-hybridized carbons (Fsp3) is 0.371. The summed E-state index contributed by atoms with van der Waals surface area (Å²) in [6, 6.07) is 19.5. The lowest BCUT2D eigenvalue weighted by Crippen LogP contribution is -2.49. The Morgan fingerprint density at radius 1 is 1.07 bits per heavy atom. The monoisotopic (exact) mass is 634 g/mol. The first-order valence-corrected chi connectivity index (χ1v) is 17.2. The van der Waals surface area contributed by atoms with E-state index in [0.29, 0.717) is 48.2 Å². The number of amides is 2. The maximum atomic E-state index is 13.8. The van der Waals surface area contributed by atoms with E-state index in [1.54, 1.807) is 18.2 Å². The first-order chi connectivity index (χ1) is 21.4. The Hall–Kier alpha value is -4.02. The van der Waals surface area contributed by atoms with Crippen molar-refractivity contribution in [2.75, 3.05) is 29.5 Å². The van der Waals surface area contributed by atoms with E-state index in [0.717, 1.165) is 30.2 Å². The Bertz CT molecular complexity index is 1600. The summed E-state index contributed by atoms with van der Waals surface area (Å²) in [5, 5.41) is 9.30. The third kappa shape index (κ3) is 10.3. The van der Waals surface area contributed by atoms with Crippen molar-refractivity contribution in [3.63, 3.8) is 0 Å². The van der Waals surface area contributed by atoms with Crippen LogP contribution in [0.2, 0.25) is 0 Å². The lowest BCUT2D eigenvalue weighted by atomic mass is 10.0. The summed E-state index contributed by atoms with van der Waals surface area (Å²) in [4.78, 5) is 26.9. The lowest BCUT2D eigenvalue weighted by molar-refractivity contribution is -0.118. The number of nitrogens with one attached hydrogen (secondary N) is 3. The van der Waals surface area contributed by atoms with E-state index in [1.807, 2.05) is 43.3 Å². The van der Waals surface area contributed by atoms with Crippen LogP contribution in [0.25, 0.3) is 6.08 Å². The molecule has 1 fully saturated rings. The Morgan fingerprint density at radius 2 is 1.76 bits per heavy atom. The van der Waals surface area contributed by atoms with E-state index in [9.17, 15) is 22.4 Å². The van der Waals surface area contributed by atoms with Crippen LogP contribution in [-0.2, 0) is 21.2 Å². The van der Waals surface area contributed by atoms with Gasteiger partial charge in [0.05, 0.1) is 18.0 Å². The Labute approximate surface area is 266 Å². The molecule has 240 valence electrons. The van der Waals surface area contributed by atoms with Gasteiger partial charge in [0.15, 0.2) is 0 Å². The second kappa shape index (κ2) is 15.3. The van der Waals surface area contributed by atoms with Crippen LogP contribution >= 0.6 is 0 Å². The molecule has 8 nitrogen and oxygen atoms in total. The van der Waals surface area contributed by atoms with Crippen molar-refractivity contribution >= 4 is 39.3 Å². The van der Waals surface area contributed by atoms with Gasteiger partial charge in [0.25, 0.3) is 5.91 Å². The number of carbonyl (C=O) groups excluding carboxylic acids is 2. The molecule has 3 aromatic rings. The van der Waals surface area contributed by atoms with E-state index >= 15 is 0 Å². The number of sulfonamides is 1. The maximum absolute atomic E-state index is 13.8. The number of carbonyl (C=O) groups is 2. The summed E-state index contributed by atoms with van der Waals surface area (Å²) < 4.78 is 39.2. The molecule has 10 heteroatoms. The zero-order valence-electron chi connectivity index (χ0n) is 26.3. The Morgan fingerprint density at radius 3 is 2.38 bits per heavy atom. The average Bonchev–Trinajstić information content (AvgIpc) is 3.73. The Balaban J connectivity index is 1.55. The van der Waals surface area contributed by atoms with Gasteiger partial charge in [-0.15, -0.1) is 0 Å². The molecule has 0 bridgehead atoms. The second-order valence-electron chi connectivity index (χ2n) is 11.9. The zero-order chi connectivity index (χ0) is 32.6. The van der Waals surface area contributed by atoms with Crippen molar-refractivity contribution in [3.05, 3.63) is 101 Å². The number of anilines is 2. The minimum Gasteiger partial charge on any atom is -0.348 e. The van der Waals surface area contributed by atoms with Crippen LogP contribution in [0.15, 0.2) is 78.9 Å². The molecule has 0 unspecified atom stereocenters. The van der Waals surface area contributed by atoms with Crippen LogP contribution in [0, 0.1) is 17.7 Å². The van der Waals surface area contributed by atoms with Crippen LogP contribution in [0.5, 0.6) is 0 Å². The molecule has 3 aromatic carbocycles. The Kier molecular flexibility index (Phi) is 11.5. The van der Waals surface area contributed by atoms with Crippen molar-refractivity contribution in [2.45, 2.75) is 51.6 Å². The molecule has 0 saturated heterocycles. The third-order valence-corrected chi connectivity index (χ3v) is 9.25. The fourth-order valence-corrected chi connectivity index (χ4v) is 5.58. The highest BCUT2D eigenvalue weighted by Gasteiger charge is 2.29. The summed E-state index contributed by atoms with van der Waals surface area (Å²) in [6.07, 6.45) is 8.12. The molecule has 0 radical (unpaired) electrons. The lowest BCUT2D eigenvalue weighted by Gasteiger charge is -2.24. The molecule has 0 aliphatic heterocycles. The van der Waals surface area contributed by atoms with Crippen molar-refractivity contribution in [1.29, 1.82) is 0 Å². The summed E-state index contributed by atoms with van der Waals surface area (Å²) in [5.41, 5.74) is 2.99. The van der Waals surface area contributed by atoms with Crippen molar-refractivity contribution in [2.24, 2.45) is 11.8 Å². The van der Waals surface area contributed by atoms with Gasteiger partial charge < -0.3 is 16.0 Å². The van der Waals surface area contributed by atoms with Crippen molar-refractivity contribution in [3.8, 4) is 0 Å². The smallest absolute Gasteiger partial charge is 0.251 e. The predicted octanol–water partition coefficient (Wildman–Crippen LogP) is 5.63. The van der Waals surface area contributed by atoms with Gasteiger partial charge >= 0.3 is 0 Å². The van der Waals surface area contributed by atoms with Gasteiger partial charge in [-0.05, 0) is 84.7 Å².